The van der Waals surface area contributed by atoms with Gasteiger partial charge in [0.1, 0.15) is 0 Å². The van der Waals surface area contributed by atoms with Gasteiger partial charge in [-0.15, -0.1) is 11.8 Å². The Labute approximate surface area is 127 Å². The van der Waals surface area contributed by atoms with Crippen LogP contribution in [-0.2, 0) is 12.2 Å². The molecule has 0 unspecified atom stereocenters. The van der Waals surface area contributed by atoms with Crippen molar-refractivity contribution in [3.63, 3.8) is 0 Å². The molecule has 0 saturated heterocycles. The molecule has 0 saturated carbocycles. The van der Waals surface area contributed by atoms with Gasteiger partial charge in [0.15, 0.2) is 0 Å². The van der Waals surface area contributed by atoms with Crippen molar-refractivity contribution in [2.24, 2.45) is 5.73 Å². The lowest BCUT2D eigenvalue weighted by atomic mass is 10.1. The zero-order valence-electron chi connectivity index (χ0n) is 11.0. The van der Waals surface area contributed by atoms with E-state index in [1.165, 1.54) is 21.6 Å². The Kier molecular flexibility index (Phi) is 5.49. The third-order valence-corrected chi connectivity index (χ3v) is 4.73. The van der Waals surface area contributed by atoms with Gasteiger partial charge >= 0.3 is 0 Å². The molecule has 0 radical (unpaired) electrons. The summed E-state index contributed by atoms with van der Waals surface area (Å²) in [5.41, 5.74) is 9.56. The van der Waals surface area contributed by atoms with Crippen LogP contribution in [0.2, 0.25) is 0 Å². The van der Waals surface area contributed by atoms with Gasteiger partial charge in [0, 0.05) is 15.1 Å². The van der Waals surface area contributed by atoms with E-state index in [0.717, 1.165) is 16.6 Å². The van der Waals surface area contributed by atoms with E-state index in [-0.39, 0.29) is 0 Å². The molecule has 0 atom stereocenters. The minimum absolute atomic E-state index is 0.689. The lowest BCUT2D eigenvalue weighted by molar-refractivity contribution is 0.960. The maximum atomic E-state index is 5.59. The zero-order valence-corrected chi connectivity index (χ0v) is 13.4. The summed E-state index contributed by atoms with van der Waals surface area (Å²) in [6.45, 7) is 2.82. The number of hydrogen-bond acceptors (Lipinski definition) is 2. The fourth-order valence-electron chi connectivity index (χ4n) is 1.94. The topological polar surface area (TPSA) is 26.0 Å². The molecule has 100 valence electrons. The highest BCUT2D eigenvalue weighted by Crippen LogP contribution is 2.28. The van der Waals surface area contributed by atoms with Gasteiger partial charge in [-0.3, -0.25) is 0 Å². The third-order valence-electron chi connectivity index (χ3n) is 2.93. The number of hydrogen-bond donors (Lipinski definition) is 1. The Morgan fingerprint density at radius 1 is 1.16 bits per heavy atom. The van der Waals surface area contributed by atoms with Crippen molar-refractivity contribution in [1.29, 1.82) is 0 Å². The summed E-state index contributed by atoms with van der Waals surface area (Å²) in [4.78, 5) is 1.29. The number of halogens is 1. The first kappa shape index (κ1) is 14.6. The van der Waals surface area contributed by atoms with E-state index < -0.39 is 0 Å². The maximum absolute atomic E-state index is 5.59. The normalized spacial score (nSPS) is 10.7. The van der Waals surface area contributed by atoms with Crippen LogP contribution in [0.25, 0.3) is 0 Å². The number of thioether (sulfide) groups is 1. The van der Waals surface area contributed by atoms with E-state index in [2.05, 4.69) is 65.3 Å². The maximum Gasteiger partial charge on any atom is 0.0232 e. The van der Waals surface area contributed by atoms with Crippen LogP contribution in [0.5, 0.6) is 0 Å². The quantitative estimate of drug-likeness (QED) is 0.811. The van der Waals surface area contributed by atoms with E-state index in [4.69, 9.17) is 5.73 Å². The highest BCUT2D eigenvalue weighted by molar-refractivity contribution is 9.10. The van der Waals surface area contributed by atoms with Crippen LogP contribution < -0.4 is 5.73 Å². The van der Waals surface area contributed by atoms with Gasteiger partial charge in [-0.25, -0.2) is 0 Å². The summed E-state index contributed by atoms with van der Waals surface area (Å²) in [5, 5.41) is 0. The number of aryl methyl sites for hydroxylation is 1. The first-order valence-electron chi connectivity index (χ1n) is 6.36. The Balaban J connectivity index is 2.02. The summed E-state index contributed by atoms with van der Waals surface area (Å²) in [6.07, 6.45) is 0.920. The molecular formula is C16H18BrNS. The van der Waals surface area contributed by atoms with Crippen LogP contribution in [0, 0.1) is 6.92 Å². The second-order valence-electron chi connectivity index (χ2n) is 4.57. The van der Waals surface area contributed by atoms with Crippen LogP contribution in [0.3, 0.4) is 0 Å². The van der Waals surface area contributed by atoms with Crippen molar-refractivity contribution in [2.45, 2.75) is 24.0 Å². The molecule has 0 heterocycles. The van der Waals surface area contributed by atoms with E-state index in [1.54, 1.807) is 0 Å². The lowest BCUT2D eigenvalue weighted by Crippen LogP contribution is -2.03. The van der Waals surface area contributed by atoms with Gasteiger partial charge in [0.2, 0.25) is 0 Å². The predicted octanol–water partition coefficient (Wildman–Crippen LogP) is 4.55. The molecular weight excluding hydrogens is 318 g/mol. The van der Waals surface area contributed by atoms with Crippen LogP contribution in [0.4, 0.5) is 0 Å². The molecule has 0 amide bonds. The fourth-order valence-corrected chi connectivity index (χ4v) is 3.55. The summed E-state index contributed by atoms with van der Waals surface area (Å²) in [6, 6.07) is 15.2. The molecule has 3 heteroatoms. The molecule has 0 aliphatic heterocycles. The molecule has 2 N–H and O–H groups in total. The van der Waals surface area contributed by atoms with Gasteiger partial charge < -0.3 is 5.73 Å². The first-order chi connectivity index (χ1) is 9.19. The number of rotatable bonds is 5. The molecule has 0 bridgehead atoms. The summed E-state index contributed by atoms with van der Waals surface area (Å²) in [7, 11) is 0. The van der Waals surface area contributed by atoms with Gasteiger partial charge in [0.05, 0.1) is 0 Å². The zero-order chi connectivity index (χ0) is 13.7. The van der Waals surface area contributed by atoms with Gasteiger partial charge in [-0.05, 0) is 43.1 Å². The van der Waals surface area contributed by atoms with Crippen LogP contribution in [-0.4, -0.2) is 6.54 Å². The van der Waals surface area contributed by atoms with Crippen molar-refractivity contribution in [3.05, 3.63) is 63.6 Å². The smallest absolute Gasteiger partial charge is 0.0232 e. The molecule has 19 heavy (non-hydrogen) atoms. The van der Waals surface area contributed by atoms with E-state index in [0.29, 0.717) is 6.54 Å². The third kappa shape index (κ3) is 4.37. The second kappa shape index (κ2) is 7.13. The minimum atomic E-state index is 0.689. The van der Waals surface area contributed by atoms with Crippen molar-refractivity contribution >= 4 is 27.7 Å². The largest absolute Gasteiger partial charge is 0.330 e. The highest BCUT2D eigenvalue weighted by atomic mass is 79.9. The minimum Gasteiger partial charge on any atom is -0.330 e. The molecule has 2 aromatic carbocycles. The molecule has 2 aromatic rings. The van der Waals surface area contributed by atoms with Crippen molar-refractivity contribution in [2.75, 3.05) is 6.54 Å². The highest BCUT2D eigenvalue weighted by Gasteiger charge is 2.02. The van der Waals surface area contributed by atoms with E-state index in [1.807, 2.05) is 11.8 Å². The average Bonchev–Trinajstić information content (AvgIpc) is 2.39. The molecule has 1 nitrogen and oxygen atoms in total. The summed E-state index contributed by atoms with van der Waals surface area (Å²) >= 11 is 5.48. The first-order valence-corrected chi connectivity index (χ1v) is 8.14. The van der Waals surface area contributed by atoms with E-state index >= 15 is 0 Å². The predicted molar refractivity (Wildman–Crippen MR) is 87.6 cm³/mol. The van der Waals surface area contributed by atoms with Crippen LogP contribution >= 0.6 is 27.7 Å². The van der Waals surface area contributed by atoms with Gasteiger partial charge in [-0.2, -0.15) is 0 Å². The second-order valence-corrected chi connectivity index (χ2v) is 6.47. The Morgan fingerprint density at radius 3 is 2.68 bits per heavy atom. The van der Waals surface area contributed by atoms with Crippen molar-refractivity contribution in [1.82, 2.24) is 0 Å². The molecule has 0 spiro atoms. The van der Waals surface area contributed by atoms with Gasteiger partial charge in [-0.1, -0.05) is 51.8 Å². The number of benzene rings is 2. The Hall–Kier alpha value is -0.770. The SMILES string of the molecule is Cc1cccc(CSc2ccc(CCN)c(Br)c2)c1. The monoisotopic (exact) mass is 335 g/mol. The van der Waals surface area contributed by atoms with Crippen molar-refractivity contribution in [3.8, 4) is 0 Å². The van der Waals surface area contributed by atoms with E-state index in [9.17, 15) is 0 Å². The molecule has 0 fully saturated rings. The van der Waals surface area contributed by atoms with Gasteiger partial charge in [0.25, 0.3) is 0 Å². The molecule has 0 aliphatic rings. The Morgan fingerprint density at radius 2 is 2.00 bits per heavy atom. The lowest BCUT2D eigenvalue weighted by Gasteiger charge is -2.07. The fraction of sp³-hybridized carbons (Fsp3) is 0.250. The van der Waals surface area contributed by atoms with Crippen molar-refractivity contribution < 1.29 is 0 Å². The molecule has 0 aliphatic carbocycles. The van der Waals surface area contributed by atoms with Crippen LogP contribution in [0.1, 0.15) is 16.7 Å². The Bertz CT molecular complexity index is 554. The summed E-state index contributed by atoms with van der Waals surface area (Å²) in [5.74, 6) is 1.00. The standard InChI is InChI=1S/C16H18BrNS/c1-12-3-2-4-13(9-12)11-19-15-6-5-14(7-8-18)16(17)10-15/h2-6,9-10H,7-8,11,18H2,1H3. The molecule has 2 rings (SSSR count). The summed E-state index contributed by atoms with van der Waals surface area (Å²) < 4.78 is 1.16. The average molecular weight is 336 g/mol. The number of nitrogens with two attached hydrogens (primary N) is 1. The molecule has 0 aromatic heterocycles. The van der Waals surface area contributed by atoms with Crippen LogP contribution in [0.15, 0.2) is 51.8 Å².